The normalized spacial score (nSPS) is 23.0. The number of alkyl halides is 6. The van der Waals surface area contributed by atoms with E-state index in [1.165, 1.54) is 7.85 Å². The molecule has 1 aromatic rings. The fraction of sp³-hybridized carbons (Fsp3) is 0.667. The molecule has 0 amide bonds. The summed E-state index contributed by atoms with van der Waals surface area (Å²) in [4.78, 5) is 11.0. The number of nitrogens with zero attached hydrogens (tertiary/aromatic N) is 3. The first-order chi connectivity index (χ1) is 13.1. The number of anilines is 2. The molecule has 2 rings (SSSR count). The number of halogens is 7. The molecule has 1 aliphatic rings. The van der Waals surface area contributed by atoms with Crippen LogP contribution in [0.2, 0.25) is 0 Å². The van der Waals surface area contributed by atoms with Crippen molar-refractivity contribution < 1.29 is 35.8 Å². The maximum Gasteiger partial charge on any atom is 0.408 e. The first-order valence-electron chi connectivity index (χ1n) is 8.65. The maximum absolute atomic E-state index is 14.6. The second-order valence-electron chi connectivity index (χ2n) is 7.04. The van der Waals surface area contributed by atoms with E-state index in [1.54, 1.807) is 0 Å². The zero-order chi connectivity index (χ0) is 22.2. The van der Waals surface area contributed by atoms with Crippen molar-refractivity contribution in [3.05, 3.63) is 11.7 Å². The molecule has 3 N–H and O–H groups in total. The maximum atomic E-state index is 14.6. The van der Waals surface area contributed by atoms with Crippen molar-refractivity contribution in [2.24, 2.45) is 0 Å². The lowest BCUT2D eigenvalue weighted by Crippen LogP contribution is -2.36. The smallest absolute Gasteiger partial charge is 0.392 e. The van der Waals surface area contributed by atoms with Crippen LogP contribution >= 0.6 is 0 Å². The lowest BCUT2D eigenvalue weighted by Gasteiger charge is -2.28. The summed E-state index contributed by atoms with van der Waals surface area (Å²) in [5.41, 5.74) is -2.03. The standard InChI is InChI=1S/C15H19BF7N5O/c1-6(14(18,19)20)24-11-26-10(8-4-3-5-13(16,29)9(8)17)27-12(28-11)25-7(2)15(21,22)23/h6-7,29H,3-5,16H2,1-2H3,(H2,24,25,26,27,28)/t6-,7-,13+/m1/s1. The van der Waals surface area contributed by atoms with E-state index in [2.05, 4.69) is 15.0 Å². The third-order valence-electron chi connectivity index (χ3n) is 4.41. The van der Waals surface area contributed by atoms with Gasteiger partial charge < -0.3 is 15.7 Å². The van der Waals surface area contributed by atoms with Gasteiger partial charge in [0.1, 0.15) is 17.9 Å². The first kappa shape index (κ1) is 23.2. The van der Waals surface area contributed by atoms with Gasteiger partial charge in [-0.15, -0.1) is 0 Å². The van der Waals surface area contributed by atoms with Crippen molar-refractivity contribution in [1.29, 1.82) is 0 Å². The summed E-state index contributed by atoms with van der Waals surface area (Å²) in [6, 6.07) is -4.25. The molecule has 0 unspecified atom stereocenters. The summed E-state index contributed by atoms with van der Waals surface area (Å²) in [5.74, 6) is -2.80. The van der Waals surface area contributed by atoms with Gasteiger partial charge in [0.05, 0.1) is 5.50 Å². The van der Waals surface area contributed by atoms with Crippen molar-refractivity contribution in [1.82, 2.24) is 15.0 Å². The second kappa shape index (κ2) is 7.96. The largest absolute Gasteiger partial charge is 0.408 e. The predicted octanol–water partition coefficient (Wildman–Crippen LogP) is 2.78. The van der Waals surface area contributed by atoms with E-state index < -0.39 is 53.5 Å². The molecule has 0 radical (unpaired) electrons. The van der Waals surface area contributed by atoms with Crippen molar-refractivity contribution >= 4 is 25.3 Å². The SMILES string of the molecule is B[C@]1(O)CCCC(c2nc(N[C@H](C)C(F)(F)F)nc(N[C@H](C)C(F)(F)F)n2)=C1F. The summed E-state index contributed by atoms with van der Waals surface area (Å²) >= 11 is 0. The molecule has 6 nitrogen and oxygen atoms in total. The molecule has 0 bridgehead atoms. The number of rotatable bonds is 5. The Bertz CT molecular complexity index is 741. The average molecular weight is 429 g/mol. The van der Waals surface area contributed by atoms with Crippen LogP contribution in [0.25, 0.3) is 5.57 Å². The molecule has 162 valence electrons. The highest BCUT2D eigenvalue weighted by Gasteiger charge is 2.39. The minimum absolute atomic E-state index is 0.0501. The third-order valence-corrected chi connectivity index (χ3v) is 4.41. The Balaban J connectivity index is 2.50. The molecule has 1 heterocycles. The minimum atomic E-state index is -4.68. The van der Waals surface area contributed by atoms with Crippen LogP contribution in [-0.4, -0.2) is 57.8 Å². The summed E-state index contributed by atoms with van der Waals surface area (Å²) in [5, 5.41) is 14.0. The fourth-order valence-electron chi connectivity index (χ4n) is 2.55. The van der Waals surface area contributed by atoms with Crippen LogP contribution in [0, 0.1) is 0 Å². The zero-order valence-electron chi connectivity index (χ0n) is 15.7. The van der Waals surface area contributed by atoms with E-state index in [1.807, 2.05) is 10.6 Å². The molecule has 29 heavy (non-hydrogen) atoms. The number of allylic oxidation sites excluding steroid dienone is 1. The Morgan fingerprint density at radius 1 is 0.966 bits per heavy atom. The van der Waals surface area contributed by atoms with Gasteiger partial charge in [-0.25, -0.2) is 4.39 Å². The van der Waals surface area contributed by atoms with E-state index in [4.69, 9.17) is 0 Å². The van der Waals surface area contributed by atoms with E-state index in [-0.39, 0.29) is 18.4 Å². The Morgan fingerprint density at radius 3 is 1.83 bits per heavy atom. The van der Waals surface area contributed by atoms with Gasteiger partial charge in [-0.05, 0) is 33.1 Å². The third kappa shape index (κ3) is 5.70. The van der Waals surface area contributed by atoms with Crippen molar-refractivity contribution in [3.8, 4) is 0 Å². The molecule has 0 saturated carbocycles. The van der Waals surface area contributed by atoms with Gasteiger partial charge in [0.15, 0.2) is 13.7 Å². The lowest BCUT2D eigenvalue weighted by atomic mass is 9.71. The van der Waals surface area contributed by atoms with Gasteiger partial charge in [0.2, 0.25) is 11.9 Å². The van der Waals surface area contributed by atoms with E-state index in [0.717, 1.165) is 13.8 Å². The van der Waals surface area contributed by atoms with Gasteiger partial charge in [0, 0.05) is 5.57 Å². The highest BCUT2D eigenvalue weighted by atomic mass is 19.4. The fourth-order valence-corrected chi connectivity index (χ4v) is 2.55. The monoisotopic (exact) mass is 429 g/mol. The van der Waals surface area contributed by atoms with E-state index >= 15 is 0 Å². The van der Waals surface area contributed by atoms with Gasteiger partial charge in [-0.2, -0.15) is 41.3 Å². The zero-order valence-corrected chi connectivity index (χ0v) is 15.7. The Hall–Kier alpha value is -2.12. The van der Waals surface area contributed by atoms with Gasteiger partial charge >= 0.3 is 12.4 Å². The Kier molecular flexibility index (Phi) is 6.36. The summed E-state index contributed by atoms with van der Waals surface area (Å²) in [6.45, 7) is 1.53. The van der Waals surface area contributed by atoms with Crippen molar-refractivity contribution in [2.45, 2.75) is 63.0 Å². The molecule has 14 heteroatoms. The first-order valence-corrected chi connectivity index (χ1v) is 8.65. The molecular formula is C15H19BF7N5O. The topological polar surface area (TPSA) is 83.0 Å². The highest BCUT2D eigenvalue weighted by Crippen LogP contribution is 2.37. The molecule has 1 aromatic heterocycles. The number of aromatic nitrogens is 3. The molecule has 0 saturated heterocycles. The molecule has 3 atom stereocenters. The molecule has 0 fully saturated rings. The van der Waals surface area contributed by atoms with Crippen LogP contribution in [0.1, 0.15) is 38.9 Å². The van der Waals surface area contributed by atoms with Crippen LogP contribution < -0.4 is 10.6 Å². The highest BCUT2D eigenvalue weighted by molar-refractivity contribution is 6.17. The average Bonchev–Trinajstić information content (AvgIpc) is 2.55. The number of aliphatic hydroxyl groups is 1. The summed E-state index contributed by atoms with van der Waals surface area (Å²) < 4.78 is 91.5. The molecule has 1 aliphatic carbocycles. The molecule has 0 aromatic carbocycles. The molecule has 0 spiro atoms. The summed E-state index contributed by atoms with van der Waals surface area (Å²) in [6.07, 6.45) is -8.89. The van der Waals surface area contributed by atoms with Crippen molar-refractivity contribution in [2.75, 3.05) is 10.6 Å². The molecule has 0 aliphatic heterocycles. The van der Waals surface area contributed by atoms with Crippen molar-refractivity contribution in [3.63, 3.8) is 0 Å². The van der Waals surface area contributed by atoms with Crippen LogP contribution in [-0.2, 0) is 0 Å². The van der Waals surface area contributed by atoms with Gasteiger partial charge in [-0.1, -0.05) is 0 Å². The lowest BCUT2D eigenvalue weighted by molar-refractivity contribution is -0.139. The minimum Gasteiger partial charge on any atom is -0.392 e. The second-order valence-corrected chi connectivity index (χ2v) is 7.04. The van der Waals surface area contributed by atoms with Crippen LogP contribution in [0.15, 0.2) is 5.83 Å². The van der Waals surface area contributed by atoms with E-state index in [9.17, 15) is 35.8 Å². The van der Waals surface area contributed by atoms with Gasteiger partial charge in [0.25, 0.3) is 0 Å². The van der Waals surface area contributed by atoms with E-state index in [0.29, 0.717) is 6.42 Å². The number of nitrogens with one attached hydrogen (secondary N) is 2. The Morgan fingerprint density at radius 2 is 1.41 bits per heavy atom. The number of hydrogen-bond acceptors (Lipinski definition) is 6. The molecular weight excluding hydrogens is 410 g/mol. The van der Waals surface area contributed by atoms with Crippen LogP contribution in [0.4, 0.5) is 42.6 Å². The Labute approximate surface area is 162 Å². The number of hydrogen-bond donors (Lipinski definition) is 3. The van der Waals surface area contributed by atoms with Crippen LogP contribution in [0.5, 0.6) is 0 Å². The van der Waals surface area contributed by atoms with Crippen LogP contribution in [0.3, 0.4) is 0 Å². The van der Waals surface area contributed by atoms with Gasteiger partial charge in [-0.3, -0.25) is 0 Å². The summed E-state index contributed by atoms with van der Waals surface area (Å²) in [7, 11) is 1.21. The predicted molar refractivity (Wildman–Crippen MR) is 93.5 cm³/mol. The quantitative estimate of drug-likeness (QED) is 0.494.